The average Bonchev–Trinajstić information content (AvgIpc) is 3.04. The molecular weight excluding hydrogens is 218 g/mol. The van der Waals surface area contributed by atoms with Gasteiger partial charge in [-0.1, -0.05) is 6.92 Å². The molecule has 1 fully saturated rings. The quantitative estimate of drug-likeness (QED) is 0.442. The van der Waals surface area contributed by atoms with Crippen molar-refractivity contribution in [2.45, 2.75) is 26.3 Å². The highest BCUT2D eigenvalue weighted by Crippen LogP contribution is 2.30. The maximum Gasteiger partial charge on any atom is 0.268 e. The minimum absolute atomic E-state index is 0.315. The number of hydrazine groups is 1. The number of hydrogen-bond donors (Lipinski definition) is 2. The largest absolute Gasteiger partial charge is 0.467 e. The fourth-order valence-electron chi connectivity index (χ4n) is 1.86. The van der Waals surface area contributed by atoms with Crippen molar-refractivity contribution in [1.82, 2.24) is 10.3 Å². The zero-order chi connectivity index (χ0) is 12.3. The standard InChI is InChI=1S/C12H19N3O2/c1-2-15(6-9-3-4-9)7-11-5-10(8-17-11)12(16)14-13/h5,8-9H,2-4,6-7,13H2,1H3,(H,14,16). The molecule has 0 aliphatic heterocycles. The highest BCUT2D eigenvalue weighted by molar-refractivity contribution is 5.93. The number of nitrogens with two attached hydrogens (primary N) is 1. The van der Waals surface area contributed by atoms with Crippen LogP contribution >= 0.6 is 0 Å². The van der Waals surface area contributed by atoms with Gasteiger partial charge in [-0.2, -0.15) is 0 Å². The first-order valence-electron chi connectivity index (χ1n) is 6.03. The molecule has 1 aliphatic carbocycles. The van der Waals surface area contributed by atoms with E-state index in [0.29, 0.717) is 5.56 Å². The molecule has 1 aromatic rings. The first-order valence-corrected chi connectivity index (χ1v) is 6.03. The van der Waals surface area contributed by atoms with Crippen LogP contribution in [-0.2, 0) is 6.54 Å². The Morgan fingerprint density at radius 3 is 3.00 bits per heavy atom. The van der Waals surface area contributed by atoms with Crippen LogP contribution in [0, 0.1) is 5.92 Å². The van der Waals surface area contributed by atoms with E-state index in [1.807, 2.05) is 0 Å². The lowest BCUT2D eigenvalue weighted by atomic mass is 10.3. The highest BCUT2D eigenvalue weighted by Gasteiger charge is 2.24. The van der Waals surface area contributed by atoms with Gasteiger partial charge in [0.15, 0.2) is 0 Å². The number of rotatable bonds is 6. The number of carbonyl (C=O) groups excluding carboxylic acids is 1. The third kappa shape index (κ3) is 3.31. The molecule has 5 heteroatoms. The second-order valence-electron chi connectivity index (χ2n) is 4.55. The first kappa shape index (κ1) is 12.1. The van der Waals surface area contributed by atoms with E-state index >= 15 is 0 Å². The van der Waals surface area contributed by atoms with Crippen molar-refractivity contribution in [2.24, 2.45) is 11.8 Å². The van der Waals surface area contributed by atoms with Gasteiger partial charge in [-0.15, -0.1) is 0 Å². The van der Waals surface area contributed by atoms with Crippen molar-refractivity contribution in [3.8, 4) is 0 Å². The van der Waals surface area contributed by atoms with Gasteiger partial charge in [0.1, 0.15) is 12.0 Å². The number of nitrogen functional groups attached to an aromatic ring is 1. The van der Waals surface area contributed by atoms with Crippen LogP contribution in [0.1, 0.15) is 35.9 Å². The molecule has 0 atom stereocenters. The first-order chi connectivity index (χ1) is 8.22. The normalized spacial score (nSPS) is 15.2. The van der Waals surface area contributed by atoms with E-state index in [-0.39, 0.29) is 5.91 Å². The van der Waals surface area contributed by atoms with E-state index in [1.165, 1.54) is 19.1 Å². The Bertz CT molecular complexity index is 385. The maximum absolute atomic E-state index is 11.3. The van der Waals surface area contributed by atoms with Crippen molar-refractivity contribution in [3.63, 3.8) is 0 Å². The summed E-state index contributed by atoms with van der Waals surface area (Å²) < 4.78 is 5.36. The molecule has 0 radical (unpaired) electrons. The SMILES string of the molecule is CCN(Cc1cc(C(=O)NN)co1)CC1CC1. The Morgan fingerprint density at radius 1 is 1.65 bits per heavy atom. The lowest BCUT2D eigenvalue weighted by Crippen LogP contribution is -2.29. The Balaban J connectivity index is 1.92. The molecule has 0 spiro atoms. The van der Waals surface area contributed by atoms with Gasteiger partial charge < -0.3 is 4.42 Å². The molecule has 1 aliphatic rings. The van der Waals surface area contributed by atoms with E-state index in [4.69, 9.17) is 10.3 Å². The summed E-state index contributed by atoms with van der Waals surface area (Å²) in [4.78, 5) is 13.6. The monoisotopic (exact) mass is 237 g/mol. The van der Waals surface area contributed by atoms with Gasteiger partial charge in [-0.05, 0) is 31.4 Å². The smallest absolute Gasteiger partial charge is 0.268 e. The van der Waals surface area contributed by atoms with Crippen LogP contribution in [0.15, 0.2) is 16.7 Å². The Hall–Kier alpha value is -1.33. The summed E-state index contributed by atoms with van der Waals surface area (Å²) in [5, 5.41) is 0. The van der Waals surface area contributed by atoms with Gasteiger partial charge in [0.2, 0.25) is 0 Å². The van der Waals surface area contributed by atoms with Gasteiger partial charge in [-0.3, -0.25) is 15.1 Å². The number of nitrogens with one attached hydrogen (secondary N) is 1. The molecule has 0 saturated heterocycles. The van der Waals surface area contributed by atoms with E-state index in [9.17, 15) is 4.79 Å². The summed E-state index contributed by atoms with van der Waals surface area (Å²) >= 11 is 0. The van der Waals surface area contributed by atoms with Gasteiger partial charge in [0.25, 0.3) is 5.91 Å². The van der Waals surface area contributed by atoms with Crippen molar-refractivity contribution in [2.75, 3.05) is 13.1 Å². The van der Waals surface area contributed by atoms with Crippen LogP contribution in [-0.4, -0.2) is 23.9 Å². The van der Waals surface area contributed by atoms with Crippen molar-refractivity contribution in [1.29, 1.82) is 0 Å². The second kappa shape index (κ2) is 5.33. The minimum Gasteiger partial charge on any atom is -0.467 e. The van der Waals surface area contributed by atoms with Crippen molar-refractivity contribution in [3.05, 3.63) is 23.7 Å². The molecule has 94 valence electrons. The molecule has 1 aromatic heterocycles. The molecule has 2 rings (SSSR count). The zero-order valence-electron chi connectivity index (χ0n) is 10.1. The number of hydrogen-bond acceptors (Lipinski definition) is 4. The Labute approximate surface area is 101 Å². The number of nitrogens with zero attached hydrogens (tertiary/aromatic N) is 1. The molecule has 0 bridgehead atoms. The summed E-state index contributed by atoms with van der Waals surface area (Å²) in [5.41, 5.74) is 2.57. The Morgan fingerprint density at radius 2 is 2.41 bits per heavy atom. The molecule has 1 amide bonds. The predicted molar refractivity (Wildman–Crippen MR) is 64.0 cm³/mol. The van der Waals surface area contributed by atoms with Crippen LogP contribution in [0.5, 0.6) is 0 Å². The van der Waals surface area contributed by atoms with Crippen molar-refractivity contribution < 1.29 is 9.21 Å². The van der Waals surface area contributed by atoms with Gasteiger partial charge in [0, 0.05) is 6.54 Å². The molecule has 17 heavy (non-hydrogen) atoms. The van der Waals surface area contributed by atoms with Gasteiger partial charge in [-0.25, -0.2) is 5.84 Å². The van der Waals surface area contributed by atoms with E-state index < -0.39 is 0 Å². The number of furan rings is 1. The van der Waals surface area contributed by atoms with Crippen LogP contribution in [0.4, 0.5) is 0 Å². The Kier molecular flexibility index (Phi) is 3.81. The molecule has 5 nitrogen and oxygen atoms in total. The minimum atomic E-state index is -0.315. The third-order valence-electron chi connectivity index (χ3n) is 3.09. The molecule has 1 heterocycles. The fourth-order valence-corrected chi connectivity index (χ4v) is 1.86. The fraction of sp³-hybridized carbons (Fsp3) is 0.583. The average molecular weight is 237 g/mol. The summed E-state index contributed by atoms with van der Waals surface area (Å²) in [6.45, 7) is 5.01. The number of amides is 1. The van der Waals surface area contributed by atoms with Crippen LogP contribution in [0.3, 0.4) is 0 Å². The summed E-state index contributed by atoms with van der Waals surface area (Å²) in [6, 6.07) is 1.75. The number of carbonyl (C=O) groups is 1. The molecular formula is C12H19N3O2. The molecule has 0 unspecified atom stereocenters. The second-order valence-corrected chi connectivity index (χ2v) is 4.55. The van der Waals surface area contributed by atoms with Crippen molar-refractivity contribution >= 4 is 5.91 Å². The molecule has 1 saturated carbocycles. The third-order valence-corrected chi connectivity index (χ3v) is 3.09. The van der Waals surface area contributed by atoms with Crippen LogP contribution < -0.4 is 11.3 Å². The van der Waals surface area contributed by atoms with Gasteiger partial charge >= 0.3 is 0 Å². The molecule has 3 N–H and O–H groups in total. The van der Waals surface area contributed by atoms with Gasteiger partial charge in [0.05, 0.1) is 12.1 Å². The maximum atomic E-state index is 11.3. The van der Waals surface area contributed by atoms with E-state index in [1.54, 1.807) is 6.07 Å². The topological polar surface area (TPSA) is 71.5 Å². The predicted octanol–water partition coefficient (Wildman–Crippen LogP) is 1.11. The lowest BCUT2D eigenvalue weighted by molar-refractivity contribution is 0.0953. The zero-order valence-corrected chi connectivity index (χ0v) is 10.1. The van der Waals surface area contributed by atoms with Crippen LogP contribution in [0.2, 0.25) is 0 Å². The van der Waals surface area contributed by atoms with E-state index in [0.717, 1.165) is 31.3 Å². The van der Waals surface area contributed by atoms with Crippen LogP contribution in [0.25, 0.3) is 0 Å². The summed E-state index contributed by atoms with van der Waals surface area (Å²) in [7, 11) is 0. The summed E-state index contributed by atoms with van der Waals surface area (Å²) in [5.74, 6) is 6.42. The van der Waals surface area contributed by atoms with E-state index in [2.05, 4.69) is 17.2 Å². The molecule has 0 aromatic carbocycles. The summed E-state index contributed by atoms with van der Waals surface area (Å²) in [6.07, 6.45) is 4.13. The lowest BCUT2D eigenvalue weighted by Gasteiger charge is -2.18. The highest BCUT2D eigenvalue weighted by atomic mass is 16.3.